The molecule has 0 aromatic carbocycles. The summed E-state index contributed by atoms with van der Waals surface area (Å²) in [6.07, 6.45) is -36.4. The van der Waals surface area contributed by atoms with E-state index in [0.29, 0.717) is 0 Å². The molecule has 34 N–H and O–H groups in total. The van der Waals surface area contributed by atoms with Gasteiger partial charge in [-0.3, -0.25) is 33.7 Å². The van der Waals surface area contributed by atoms with Crippen molar-refractivity contribution in [2.24, 2.45) is 23.3 Å². The number of hydrogen-bond donors (Lipinski definition) is 32. The van der Waals surface area contributed by atoms with E-state index < -0.39 is 269 Å². The third kappa shape index (κ3) is 82.7. The van der Waals surface area contributed by atoms with Gasteiger partial charge in [0.2, 0.25) is 35.4 Å². The van der Waals surface area contributed by atoms with Crippen LogP contribution in [0.25, 0.3) is 0 Å². The van der Waals surface area contributed by atoms with Gasteiger partial charge in [-0.2, -0.15) is 5.26 Å². The van der Waals surface area contributed by atoms with Gasteiger partial charge in [0.05, 0.1) is 55.9 Å². The molecular formula is C99H274N6O42. The number of primary amides is 2. The summed E-state index contributed by atoms with van der Waals surface area (Å²) in [6, 6.07) is -3.92. The van der Waals surface area contributed by atoms with Crippen molar-refractivity contribution in [1.29, 1.82) is 0 Å². The number of nitrogens with two attached hydrogens (primary N) is 2. The topological polar surface area (TPSA) is 837 Å². The Labute approximate surface area is 906 Å². The van der Waals surface area contributed by atoms with Gasteiger partial charge in [-0.15, -0.1) is 0 Å². The zero-order chi connectivity index (χ0) is 81.0. The molecule has 12 unspecified atom stereocenters. The highest BCUT2D eigenvalue weighted by atomic mass is 17.1. The smallest absolute Gasteiger partial charge is 0.400 e. The van der Waals surface area contributed by atoms with E-state index in [0.717, 1.165) is 0 Å². The number of carbonyl (C=O) groups is 8. The normalized spacial score (nSPS) is 29.9. The molecule has 7 fully saturated rings. The SMILES string of the molecule is C.C.C.C.C.C.C.C.C.C.C.C.C.C.C.C.C.C.C.C.C.C.C.C.C.C.C.C.C.C.C.C.C.C.C.C.C.C.C.C.C.C.C.CC(=O)NC1[C@@H](O)[C@H](O)C(C)O[C@@H]1O.CC(=O)NC1[C@H](O)OC(C(N)=O)[C@H](O)[C@@H]1O.CC(=O)NC1[C@H](O)OC(C)[C@@H](C)[C@@H]1O.CC(=O)NC1[C@H](O)OC(C)[C@@H](O)[C@@H]1O.CC1[C@@H](O)[C@@H](O)C(C(N)=O)O[C@@H]1O.O=C(O)[C@]1(O)C[C@@H](O)[C@@H](O)C([C@H](O)CO)O1.O=C(OO)[C@@]1(O)C[C@@H](O)[C@@H](O)C([C@H](O)CO)O1. The third-order valence-electron chi connectivity index (χ3n) is 16.6. The summed E-state index contributed by atoms with van der Waals surface area (Å²) >= 11 is 0. The molecule has 7 aliphatic rings. The predicted molar refractivity (Wildman–Crippen MR) is 617 cm³/mol. The molecule has 7 saturated heterocycles. The average Bonchev–Trinajstić information content (AvgIpc) is 0.782. The zero-order valence-electron chi connectivity index (χ0n) is 57.2. The number of nitrogens with one attached hydrogen (secondary N) is 4. The van der Waals surface area contributed by atoms with Crippen LogP contribution >= 0.6 is 0 Å². The molecule has 952 valence electrons. The maximum Gasteiger partial charge on any atom is 0.400 e. The molecule has 0 saturated carbocycles. The summed E-state index contributed by atoms with van der Waals surface area (Å²) in [7, 11) is 0. The number of ether oxygens (including phenoxy) is 7. The van der Waals surface area contributed by atoms with Crippen LogP contribution in [0.1, 0.15) is 395 Å². The van der Waals surface area contributed by atoms with Gasteiger partial charge in [-0.05, 0) is 20.8 Å². The highest BCUT2D eigenvalue weighted by Crippen LogP contribution is 2.33. The second-order valence-corrected chi connectivity index (χ2v) is 24.9. The van der Waals surface area contributed by atoms with E-state index in [4.69, 9.17) is 55.7 Å². The summed E-state index contributed by atoms with van der Waals surface area (Å²) in [5.74, 6) is -13.0. The molecule has 0 spiro atoms. The van der Waals surface area contributed by atoms with Crippen molar-refractivity contribution in [3.8, 4) is 0 Å². The monoisotopic (exact) mass is 2220 g/mol. The fourth-order valence-electron chi connectivity index (χ4n) is 10.3. The number of aliphatic carboxylic acids is 1. The minimum absolute atomic E-state index is 0. The number of aliphatic hydroxyl groups is 24. The predicted octanol–water partition coefficient (Wildman–Crippen LogP) is 9.62. The Morgan fingerprint density at radius 2 is 0.503 bits per heavy atom. The third-order valence-corrected chi connectivity index (χ3v) is 16.6. The molecule has 6 amide bonds. The van der Waals surface area contributed by atoms with Crippen LogP contribution in [0.5, 0.6) is 0 Å². The van der Waals surface area contributed by atoms with Crippen LogP contribution < -0.4 is 32.7 Å². The summed E-state index contributed by atoms with van der Waals surface area (Å²) in [5.41, 5.74) is 9.78. The number of aliphatic hydroxyl groups excluding tert-OH is 22. The summed E-state index contributed by atoms with van der Waals surface area (Å²) < 4.78 is 33.7. The number of carboxylic acid groups (broad SMARTS) is 1. The van der Waals surface area contributed by atoms with Crippen LogP contribution in [0, 0.1) is 11.8 Å². The Kier molecular flexibility index (Phi) is 253. The van der Waals surface area contributed by atoms with Gasteiger partial charge in [0.1, 0.15) is 104 Å². The lowest BCUT2D eigenvalue weighted by molar-refractivity contribution is -0.333. The maximum absolute atomic E-state index is 11.0. The number of hydrogen-bond acceptors (Lipinski definition) is 41. The minimum atomic E-state index is -2.70. The van der Waals surface area contributed by atoms with Crippen molar-refractivity contribution in [2.45, 2.75) is 596 Å². The number of carbonyl (C=O) groups excluding carboxylic acids is 7. The van der Waals surface area contributed by atoms with Crippen LogP contribution in [0.15, 0.2) is 0 Å². The van der Waals surface area contributed by atoms with E-state index in [1.165, 1.54) is 48.5 Å². The lowest BCUT2D eigenvalue weighted by Crippen LogP contribution is -2.65. The van der Waals surface area contributed by atoms with E-state index in [9.17, 15) is 151 Å². The Balaban J connectivity index is -0.0000000200. The van der Waals surface area contributed by atoms with Crippen LogP contribution in [0.4, 0.5) is 0 Å². The fourth-order valence-corrected chi connectivity index (χ4v) is 10.3. The number of carboxylic acids is 1. The minimum Gasteiger partial charge on any atom is -0.477 e. The first-order valence-electron chi connectivity index (χ1n) is 31.4. The van der Waals surface area contributed by atoms with Gasteiger partial charge >= 0.3 is 11.9 Å². The summed E-state index contributed by atoms with van der Waals surface area (Å²) in [6.45, 7) is 11.5. The van der Waals surface area contributed by atoms with Crippen molar-refractivity contribution in [1.82, 2.24) is 21.3 Å². The molecule has 0 radical (unpaired) electrons. The van der Waals surface area contributed by atoms with Gasteiger partial charge in [0.15, 0.2) is 43.7 Å². The summed E-state index contributed by atoms with van der Waals surface area (Å²) in [5, 5.41) is 251. The standard InChI is InChI=1S/C9H17NO4.C8H14N2O6.2C8H15NO5.C8H14O9.C8H14O8.C7H13NO5.43CH4/c1-4-5(2)14-9(13)7(8(4)12)10-6(3)11;1-2(11)10-3-4(12)5(13)6(7(9)14)16-8(3)15;2*1-3-6(11)7(12)5(8(13)14-3)9-4(2)10;9-2-4(11)6-5(12)3(10)1-8(14,16-6)7(13)17-15;9-2-4(11)6-5(12)3(10)1-8(15,16-6)7(13)14;1-2-3(9)4(10)5(6(8)11)13-7(2)12;;;;;;;;;;;;;;;;;;;;;;;;;;;;;;;;;;;;;;;;;;;/h4-5,7-9,12-13H,1-3H3,(H,10,11);3-6,8,12-13,15H,1H3,(H2,9,14)(H,10,11);2*3,5-8,11-13H,1-2H3,(H,9,10);3-6,9-12,14-15H,1-2H2;3-6,9-12,15H,1-2H2,(H,13,14);2-5,7,9-10,12H,1H3,(H2,8,11);43*1H4/t4-,5?,7?,8+,9-;3?,4-,5-,6?,8-;3?,5?,6-,7-,8+;3?,5?,6-,7-,8-;3-,4-,5-,6?,8-;3-,4-,5-,6?,8+;2?,3-,4-,5?,7+;;;;;;;;;;;;;;;;;;;;;;;;;;;;;;;;;;;;;;;;;;;/m1111111.........................................../s1. The second-order valence-electron chi connectivity index (χ2n) is 24.9. The fraction of sp³-hybridized carbons (Fsp3) is 0.919. The Morgan fingerprint density at radius 1 is 0.299 bits per heavy atom. The van der Waals surface area contributed by atoms with Crippen molar-refractivity contribution in [3.63, 3.8) is 0 Å². The van der Waals surface area contributed by atoms with E-state index in [-0.39, 0.29) is 337 Å². The van der Waals surface area contributed by atoms with Gasteiger partial charge < -0.3 is 194 Å². The Bertz CT molecular complexity index is 2630. The van der Waals surface area contributed by atoms with E-state index in [2.05, 4.69) is 35.6 Å². The molecule has 7 heterocycles. The molecule has 35 atom stereocenters. The molecule has 48 heteroatoms. The van der Waals surface area contributed by atoms with Crippen LogP contribution in [-0.4, -0.2) is 395 Å². The van der Waals surface area contributed by atoms with Crippen LogP contribution in [0.3, 0.4) is 0 Å². The van der Waals surface area contributed by atoms with Crippen molar-refractivity contribution >= 4 is 47.4 Å². The molecular weight excluding hydrogens is 1950 g/mol. The molecule has 0 aromatic rings. The molecule has 0 bridgehead atoms. The second kappa shape index (κ2) is 129. The number of rotatable bonds is 12. The molecule has 48 nitrogen and oxygen atoms in total. The van der Waals surface area contributed by atoms with Crippen molar-refractivity contribution < 1.29 is 209 Å². The first-order valence-corrected chi connectivity index (χ1v) is 31.4. The van der Waals surface area contributed by atoms with Crippen LogP contribution in [-0.2, 0) is 76.4 Å². The van der Waals surface area contributed by atoms with Gasteiger partial charge in [0.25, 0.3) is 11.6 Å². The quantitative estimate of drug-likeness (QED) is 0.0638. The van der Waals surface area contributed by atoms with E-state index >= 15 is 0 Å². The summed E-state index contributed by atoms with van der Waals surface area (Å²) in [4.78, 5) is 89.5. The van der Waals surface area contributed by atoms with Gasteiger partial charge in [-0.1, -0.05) is 333 Å². The Morgan fingerprint density at radius 3 is 0.728 bits per heavy atom. The first kappa shape index (κ1) is 288. The van der Waals surface area contributed by atoms with Gasteiger partial charge in [-0.25, -0.2) is 9.59 Å². The maximum atomic E-state index is 11.0. The van der Waals surface area contributed by atoms with Crippen molar-refractivity contribution in [2.75, 3.05) is 13.2 Å². The lowest BCUT2D eigenvalue weighted by Gasteiger charge is -2.41. The highest BCUT2D eigenvalue weighted by molar-refractivity contribution is 5.81. The molecule has 147 heavy (non-hydrogen) atoms. The van der Waals surface area contributed by atoms with E-state index in [1.807, 2.05) is 6.92 Å². The van der Waals surface area contributed by atoms with Crippen LogP contribution in [0.2, 0.25) is 0 Å². The molecule has 7 aliphatic heterocycles. The largest absolute Gasteiger partial charge is 0.477 e. The van der Waals surface area contributed by atoms with E-state index in [1.54, 1.807) is 6.92 Å². The Hall–Kier alpha value is -5.52. The lowest BCUT2D eigenvalue weighted by atomic mass is 9.90. The average molecular weight is 2220 g/mol. The molecule has 7 rings (SSSR count). The van der Waals surface area contributed by atoms with Gasteiger partial charge in [0, 0.05) is 52.4 Å². The highest BCUT2D eigenvalue weighted by Gasteiger charge is 2.55. The molecule has 0 aromatic heterocycles. The van der Waals surface area contributed by atoms with Crippen molar-refractivity contribution in [3.05, 3.63) is 0 Å². The molecule has 0 aliphatic carbocycles. The zero-order valence-corrected chi connectivity index (χ0v) is 57.2. The number of amides is 6. The first-order chi connectivity index (χ1) is 47.7.